The third kappa shape index (κ3) is 4.62. The lowest BCUT2D eigenvalue weighted by molar-refractivity contribution is -0.117. The molecule has 3 nitrogen and oxygen atoms in total. The molecule has 3 N–H and O–H groups in total. The van der Waals surface area contributed by atoms with E-state index in [1.807, 2.05) is 61.5 Å². The maximum Gasteiger partial charge on any atom is 0.241 e. The molecule has 110 valence electrons. The zero-order chi connectivity index (χ0) is 15.1. The highest BCUT2D eigenvalue weighted by molar-refractivity contribution is 7.99. The van der Waals surface area contributed by atoms with Gasteiger partial charge in [0.05, 0.1) is 11.7 Å². The van der Waals surface area contributed by atoms with Crippen LogP contribution in [0, 0.1) is 0 Å². The molecule has 0 saturated heterocycles. The van der Waals surface area contributed by atoms with E-state index >= 15 is 0 Å². The van der Waals surface area contributed by atoms with Gasteiger partial charge in [0.25, 0.3) is 0 Å². The maximum absolute atomic E-state index is 12.1. The number of carbonyl (C=O) groups is 1. The predicted octanol–water partition coefficient (Wildman–Crippen LogP) is 3.90. The number of hydrogen-bond acceptors (Lipinski definition) is 3. The Balaban J connectivity index is 2.12. The molecule has 0 bridgehead atoms. The van der Waals surface area contributed by atoms with Crippen LogP contribution in [0.5, 0.6) is 0 Å². The highest BCUT2D eigenvalue weighted by Crippen LogP contribution is 2.33. The number of nitrogens with two attached hydrogens (primary N) is 1. The van der Waals surface area contributed by atoms with Gasteiger partial charge >= 0.3 is 0 Å². The Kier molecular flexibility index (Phi) is 5.84. The Morgan fingerprint density at radius 3 is 2.52 bits per heavy atom. The molecule has 0 aromatic heterocycles. The van der Waals surface area contributed by atoms with Crippen LogP contribution in [0.4, 0.5) is 5.69 Å². The van der Waals surface area contributed by atoms with Gasteiger partial charge in [-0.25, -0.2) is 0 Å². The summed E-state index contributed by atoms with van der Waals surface area (Å²) in [5.41, 5.74) is 6.67. The molecule has 2 aromatic rings. The first-order valence-corrected chi connectivity index (χ1v) is 7.90. The van der Waals surface area contributed by atoms with Crippen LogP contribution in [0.2, 0.25) is 0 Å². The van der Waals surface area contributed by atoms with Gasteiger partial charge in [0.2, 0.25) is 5.91 Å². The second-order valence-electron chi connectivity index (χ2n) is 4.80. The van der Waals surface area contributed by atoms with Gasteiger partial charge in [0.1, 0.15) is 0 Å². The second kappa shape index (κ2) is 7.86. The Morgan fingerprint density at radius 1 is 1.14 bits per heavy atom. The van der Waals surface area contributed by atoms with Gasteiger partial charge in [-0.1, -0.05) is 55.4 Å². The van der Waals surface area contributed by atoms with Crippen molar-refractivity contribution in [3.05, 3.63) is 54.6 Å². The van der Waals surface area contributed by atoms with E-state index < -0.39 is 6.04 Å². The quantitative estimate of drug-likeness (QED) is 0.850. The molecule has 4 heteroatoms. The van der Waals surface area contributed by atoms with Crippen molar-refractivity contribution in [1.29, 1.82) is 0 Å². The van der Waals surface area contributed by atoms with Crippen molar-refractivity contribution in [2.75, 3.05) is 5.32 Å². The fourth-order valence-corrected chi connectivity index (χ4v) is 2.86. The minimum atomic E-state index is -0.454. The largest absolute Gasteiger partial charge is 0.324 e. The minimum Gasteiger partial charge on any atom is -0.324 e. The van der Waals surface area contributed by atoms with Crippen molar-refractivity contribution in [3.63, 3.8) is 0 Å². The summed E-state index contributed by atoms with van der Waals surface area (Å²) in [7, 11) is 0. The molecule has 0 spiro atoms. The molecule has 1 amide bonds. The van der Waals surface area contributed by atoms with Gasteiger partial charge < -0.3 is 11.1 Å². The molecule has 0 aliphatic carbocycles. The van der Waals surface area contributed by atoms with Crippen molar-refractivity contribution in [1.82, 2.24) is 0 Å². The van der Waals surface area contributed by atoms with Gasteiger partial charge in [0, 0.05) is 9.79 Å². The molecule has 0 aliphatic heterocycles. The van der Waals surface area contributed by atoms with Crippen LogP contribution in [-0.2, 0) is 4.79 Å². The van der Waals surface area contributed by atoms with E-state index in [0.29, 0.717) is 6.42 Å². The zero-order valence-corrected chi connectivity index (χ0v) is 12.9. The number of carbonyl (C=O) groups excluding carboxylic acids is 1. The van der Waals surface area contributed by atoms with E-state index in [1.165, 1.54) is 0 Å². The van der Waals surface area contributed by atoms with Crippen molar-refractivity contribution < 1.29 is 4.79 Å². The molecule has 2 rings (SSSR count). The number of hydrogen-bond donors (Lipinski definition) is 2. The molecular weight excluding hydrogens is 280 g/mol. The van der Waals surface area contributed by atoms with Crippen LogP contribution < -0.4 is 11.1 Å². The molecular formula is C17H20N2OS. The standard InChI is InChI=1S/C17H20N2OS/c1-2-8-14(18)17(20)19-15-11-6-7-12-16(15)21-13-9-4-3-5-10-13/h3-7,9-12,14H,2,8,18H2,1H3,(H,19,20)/t14-/m1/s1. The Bertz CT molecular complexity index is 586. The van der Waals surface area contributed by atoms with E-state index in [9.17, 15) is 4.79 Å². The number of amides is 1. The van der Waals surface area contributed by atoms with Crippen LogP contribution in [0.25, 0.3) is 0 Å². The summed E-state index contributed by atoms with van der Waals surface area (Å²) in [5, 5.41) is 2.93. The zero-order valence-electron chi connectivity index (χ0n) is 12.1. The lowest BCUT2D eigenvalue weighted by Gasteiger charge is -2.14. The van der Waals surface area contributed by atoms with E-state index in [4.69, 9.17) is 5.73 Å². The minimum absolute atomic E-state index is 0.127. The van der Waals surface area contributed by atoms with Crippen LogP contribution >= 0.6 is 11.8 Å². The van der Waals surface area contributed by atoms with Crippen molar-refractivity contribution in [3.8, 4) is 0 Å². The smallest absolute Gasteiger partial charge is 0.241 e. The molecule has 0 unspecified atom stereocenters. The first-order chi connectivity index (χ1) is 10.2. The second-order valence-corrected chi connectivity index (χ2v) is 5.91. The van der Waals surface area contributed by atoms with E-state index in [0.717, 1.165) is 21.9 Å². The number of rotatable bonds is 6. The number of benzene rings is 2. The summed E-state index contributed by atoms with van der Waals surface area (Å²) < 4.78 is 0. The SMILES string of the molecule is CCC[C@@H](N)C(=O)Nc1ccccc1Sc1ccccc1. The summed E-state index contributed by atoms with van der Waals surface area (Å²) in [6.45, 7) is 2.02. The Hall–Kier alpha value is -1.78. The van der Waals surface area contributed by atoms with Crippen molar-refractivity contribution in [2.24, 2.45) is 5.73 Å². The third-order valence-corrected chi connectivity index (χ3v) is 4.14. The fraction of sp³-hybridized carbons (Fsp3) is 0.235. The van der Waals surface area contributed by atoms with Crippen molar-refractivity contribution >= 4 is 23.4 Å². The molecule has 21 heavy (non-hydrogen) atoms. The third-order valence-electron chi connectivity index (χ3n) is 3.05. The summed E-state index contributed by atoms with van der Waals surface area (Å²) in [5.74, 6) is -0.127. The molecule has 2 aromatic carbocycles. The molecule has 0 saturated carbocycles. The highest BCUT2D eigenvalue weighted by Gasteiger charge is 2.14. The van der Waals surface area contributed by atoms with Gasteiger partial charge in [-0.2, -0.15) is 0 Å². The van der Waals surface area contributed by atoms with Gasteiger partial charge in [0.15, 0.2) is 0 Å². The molecule has 0 fully saturated rings. The van der Waals surface area contributed by atoms with Gasteiger partial charge in [-0.15, -0.1) is 0 Å². The van der Waals surface area contributed by atoms with Crippen LogP contribution in [-0.4, -0.2) is 11.9 Å². The van der Waals surface area contributed by atoms with E-state index in [1.54, 1.807) is 11.8 Å². The number of anilines is 1. The Labute approximate surface area is 129 Å². The van der Waals surface area contributed by atoms with E-state index in [-0.39, 0.29) is 5.91 Å². The maximum atomic E-state index is 12.1. The molecule has 0 aliphatic rings. The molecule has 0 heterocycles. The average molecular weight is 300 g/mol. The number of nitrogens with one attached hydrogen (secondary N) is 1. The molecule has 1 atom stereocenters. The average Bonchev–Trinajstić information content (AvgIpc) is 2.50. The van der Waals surface area contributed by atoms with E-state index in [2.05, 4.69) is 5.32 Å². The van der Waals surface area contributed by atoms with Crippen LogP contribution in [0.1, 0.15) is 19.8 Å². The summed E-state index contributed by atoms with van der Waals surface area (Å²) in [6, 6.07) is 17.4. The first-order valence-electron chi connectivity index (χ1n) is 7.09. The summed E-state index contributed by atoms with van der Waals surface area (Å²) in [4.78, 5) is 14.2. The van der Waals surface area contributed by atoms with Crippen LogP contribution in [0.15, 0.2) is 64.4 Å². The fourth-order valence-electron chi connectivity index (χ4n) is 1.94. The normalized spacial score (nSPS) is 11.9. The summed E-state index contributed by atoms with van der Waals surface area (Å²) >= 11 is 1.63. The van der Waals surface area contributed by atoms with Gasteiger partial charge in [-0.3, -0.25) is 4.79 Å². The Morgan fingerprint density at radius 2 is 1.81 bits per heavy atom. The van der Waals surface area contributed by atoms with Crippen LogP contribution in [0.3, 0.4) is 0 Å². The monoisotopic (exact) mass is 300 g/mol. The first kappa shape index (κ1) is 15.6. The lowest BCUT2D eigenvalue weighted by Crippen LogP contribution is -2.35. The topological polar surface area (TPSA) is 55.1 Å². The van der Waals surface area contributed by atoms with Gasteiger partial charge in [-0.05, 0) is 30.7 Å². The highest BCUT2D eigenvalue weighted by atomic mass is 32.2. The predicted molar refractivity (Wildman–Crippen MR) is 88.5 cm³/mol. The number of para-hydroxylation sites is 1. The lowest BCUT2D eigenvalue weighted by atomic mass is 10.1. The van der Waals surface area contributed by atoms with Crippen molar-refractivity contribution in [2.45, 2.75) is 35.6 Å². The summed E-state index contributed by atoms with van der Waals surface area (Å²) in [6.07, 6.45) is 1.59. The molecule has 0 radical (unpaired) electrons.